The van der Waals surface area contributed by atoms with Crippen molar-refractivity contribution in [1.29, 1.82) is 0 Å². The van der Waals surface area contributed by atoms with Crippen molar-refractivity contribution in [3.8, 4) is 0 Å². The third-order valence-corrected chi connectivity index (χ3v) is 17.8. The number of nitrogens with one attached hydrogen (secondary N) is 2. The van der Waals surface area contributed by atoms with Gasteiger partial charge in [0.15, 0.2) is 5.54 Å². The van der Waals surface area contributed by atoms with Crippen molar-refractivity contribution in [1.82, 2.24) is 9.44 Å². The Morgan fingerprint density at radius 3 is 1.49 bits per heavy atom. The Morgan fingerprint density at radius 2 is 1.13 bits per heavy atom. The summed E-state index contributed by atoms with van der Waals surface area (Å²) >= 11 is 7.24. The number of hydrogen-bond acceptors (Lipinski definition) is 10. The van der Waals surface area contributed by atoms with Crippen molar-refractivity contribution < 1.29 is 47.7 Å². The highest BCUT2D eigenvalue weighted by Gasteiger charge is 2.66. The fraction of sp³-hybridized carbons (Fsp3) is 0.681. The van der Waals surface area contributed by atoms with Crippen molar-refractivity contribution in [2.45, 2.75) is 153 Å². The van der Waals surface area contributed by atoms with Gasteiger partial charge in [0.2, 0.25) is 0 Å². The van der Waals surface area contributed by atoms with Gasteiger partial charge in [0.25, 0.3) is 0 Å². The van der Waals surface area contributed by atoms with E-state index in [0.29, 0.717) is 18.3 Å². The number of esters is 1. The van der Waals surface area contributed by atoms with Crippen LogP contribution in [0.15, 0.2) is 57.7 Å². The molecule has 12 nitrogen and oxygen atoms in total. The summed E-state index contributed by atoms with van der Waals surface area (Å²) in [7, 11) is 0.817. The number of fused-ring (bicyclic) bond motifs is 2. The summed E-state index contributed by atoms with van der Waals surface area (Å²) in [5, 5.41) is 15.5. The molecule has 63 heavy (non-hydrogen) atoms. The Kier molecular flexibility index (Phi) is 18.5. The maximum Gasteiger partial charge on any atom is 0.332 e. The number of rotatable bonds is 11. The number of ether oxygens (including phenoxy) is 4. The fourth-order valence-electron chi connectivity index (χ4n) is 10.8. The molecule has 0 aromatic heterocycles. The van der Waals surface area contributed by atoms with E-state index in [1.165, 1.54) is 5.56 Å². The second kappa shape index (κ2) is 21.6. The van der Waals surface area contributed by atoms with Gasteiger partial charge in [0.05, 0.1) is 56.9 Å². The van der Waals surface area contributed by atoms with Gasteiger partial charge in [0, 0.05) is 34.0 Å². The molecule has 4 aliphatic rings. The quantitative estimate of drug-likeness (QED) is 0.0738. The van der Waals surface area contributed by atoms with Gasteiger partial charge < -0.3 is 18.9 Å². The summed E-state index contributed by atoms with van der Waals surface area (Å²) in [5.41, 5.74) is 1.95. The molecule has 0 bridgehead atoms. The fourth-order valence-corrected chi connectivity index (χ4v) is 13.5. The van der Waals surface area contributed by atoms with Gasteiger partial charge in [-0.2, -0.15) is 0 Å². The molecule has 6 rings (SSSR count). The summed E-state index contributed by atoms with van der Waals surface area (Å²) in [6, 6.07) is 12.5. The molecule has 4 aliphatic carbocycles. The zero-order valence-corrected chi connectivity index (χ0v) is 44.1. The Balaban J connectivity index is 0.000000260. The van der Waals surface area contributed by atoms with Crippen LogP contribution in [0.2, 0.25) is 0 Å². The molecule has 2 aromatic carbocycles. The lowest BCUT2D eigenvalue weighted by molar-refractivity contribution is -0.465. The number of methoxy groups -OCH3 is 2. The van der Waals surface area contributed by atoms with Gasteiger partial charge in [-0.25, -0.2) is 33.2 Å². The first-order chi connectivity index (χ1) is 29.4. The predicted molar refractivity (Wildman–Crippen MR) is 257 cm³/mol. The van der Waals surface area contributed by atoms with E-state index in [4.69, 9.17) is 29.5 Å². The van der Waals surface area contributed by atoms with Gasteiger partial charge in [0.1, 0.15) is 11.3 Å². The summed E-state index contributed by atoms with van der Waals surface area (Å²) in [6.07, 6.45) is 7.42. The van der Waals surface area contributed by atoms with Crippen molar-refractivity contribution in [3.05, 3.63) is 79.9 Å². The maximum atomic E-state index is 13.8. The standard InChI is InChI=1S/C24H36BrNO3S.C23H34BrNO4S.H2O3/c1-8-29-17(3)24(26-30(27)22(4,5)6)20-13-19(25)10-9-18(20)15-23(24)12-11-21(28-7)16(2)14-23;1-7-29-20(26)23(25-30(27)21(3,4)5)18-12-17(24)9-8-16(18)14-22(23)11-10-19(28-6)15(2)13-22;1-3-2/h9-10,13,16,21,26H,3,8,11-12,14-15H2,1-2,4-7H3;8-9,12,15,19,25H,7,10-11,13-14H2,1-6H3;1-2H/t16-,21-,23-,24-,30-;15-,19-,22-,23+,30-;/m00./s1. The monoisotopic (exact) mass is 1050 g/mol. The van der Waals surface area contributed by atoms with Crippen LogP contribution in [0.25, 0.3) is 0 Å². The van der Waals surface area contributed by atoms with Crippen LogP contribution in [0.3, 0.4) is 0 Å². The highest BCUT2D eigenvalue weighted by molar-refractivity contribution is 9.10. The van der Waals surface area contributed by atoms with Crippen LogP contribution < -0.4 is 9.44 Å². The van der Waals surface area contributed by atoms with E-state index in [-0.39, 0.29) is 36.1 Å². The topological polar surface area (TPSA) is 162 Å². The molecule has 0 amide bonds. The van der Waals surface area contributed by atoms with Crippen LogP contribution >= 0.6 is 31.9 Å². The van der Waals surface area contributed by atoms with E-state index in [1.807, 2.05) is 67.5 Å². The first-order valence-electron chi connectivity index (χ1n) is 21.9. The van der Waals surface area contributed by atoms with Gasteiger partial charge in [-0.3, -0.25) is 0 Å². The first kappa shape index (κ1) is 54.0. The SMILES string of the molecule is C=C(OCC)[C@]1(N[S@@](=O)C(C)(C)C)c2cc(Br)ccc2C[C@@]12CC[C@H](OC)[C@@H](C)C2.CCOC(=O)[C@]1(N[S@@](=O)C(C)(C)C)c2cc(Br)ccc2C[C@@]12CC[C@H](OC)[C@@H](C)C2.OOO. The number of carbonyl (C=O) groups excluding carboxylic acids is 1. The van der Waals surface area contributed by atoms with E-state index in [0.717, 1.165) is 77.0 Å². The van der Waals surface area contributed by atoms with E-state index in [2.05, 4.69) is 91.0 Å². The summed E-state index contributed by atoms with van der Waals surface area (Å²) in [6.45, 7) is 25.2. The molecule has 2 spiro atoms. The molecule has 0 heterocycles. The van der Waals surface area contributed by atoms with E-state index in [1.54, 1.807) is 14.2 Å². The second-order valence-corrected chi connectivity index (χ2v) is 25.4. The average molecular weight is 1050 g/mol. The second-order valence-electron chi connectivity index (χ2n) is 19.6. The minimum Gasteiger partial charge on any atom is -0.496 e. The smallest absolute Gasteiger partial charge is 0.332 e. The van der Waals surface area contributed by atoms with Gasteiger partial charge in [-0.05, 0) is 165 Å². The molecule has 2 aromatic rings. The molecule has 2 fully saturated rings. The first-order valence-corrected chi connectivity index (χ1v) is 25.8. The average Bonchev–Trinajstić information content (AvgIpc) is 3.60. The van der Waals surface area contributed by atoms with Crippen LogP contribution in [0.4, 0.5) is 0 Å². The van der Waals surface area contributed by atoms with E-state index >= 15 is 0 Å². The molecular weight excluding hydrogens is 976 g/mol. The molecule has 0 unspecified atom stereocenters. The lowest BCUT2D eigenvalue weighted by Crippen LogP contribution is -2.63. The van der Waals surface area contributed by atoms with Gasteiger partial charge >= 0.3 is 5.97 Å². The number of carbonyl (C=O) groups is 1. The largest absolute Gasteiger partial charge is 0.496 e. The van der Waals surface area contributed by atoms with E-state index < -0.39 is 48.0 Å². The lowest BCUT2D eigenvalue weighted by atomic mass is 9.59. The molecule has 16 heteroatoms. The summed E-state index contributed by atoms with van der Waals surface area (Å²) in [4.78, 5) is 13.8. The molecule has 0 saturated heterocycles. The number of halogens is 2. The molecule has 10 atom stereocenters. The van der Waals surface area contributed by atoms with Crippen molar-refractivity contribution in [2.75, 3.05) is 27.4 Å². The van der Waals surface area contributed by atoms with Crippen LogP contribution in [-0.2, 0) is 74.7 Å². The Morgan fingerprint density at radius 1 is 0.746 bits per heavy atom. The highest BCUT2D eigenvalue weighted by Crippen LogP contribution is 2.63. The van der Waals surface area contributed by atoms with Crippen LogP contribution in [0, 0.1) is 22.7 Å². The zero-order valence-electron chi connectivity index (χ0n) is 39.3. The zero-order chi connectivity index (χ0) is 47.3. The van der Waals surface area contributed by atoms with Crippen LogP contribution in [0.1, 0.15) is 130 Å². The third-order valence-electron chi connectivity index (χ3n) is 13.6. The molecule has 0 radical (unpaired) electrons. The molecule has 2 saturated carbocycles. The minimum absolute atomic E-state index is 0.166. The third kappa shape index (κ3) is 10.8. The summed E-state index contributed by atoms with van der Waals surface area (Å²) in [5.74, 6) is 1.00. The Hall–Kier alpha value is -1.57. The maximum absolute atomic E-state index is 13.8. The van der Waals surface area contributed by atoms with Crippen LogP contribution in [0.5, 0.6) is 0 Å². The van der Waals surface area contributed by atoms with Gasteiger partial charge in [-0.15, -0.1) is 0 Å². The predicted octanol–water partition coefficient (Wildman–Crippen LogP) is 10.2. The summed E-state index contributed by atoms with van der Waals surface area (Å²) < 4.78 is 58.1. The normalized spacial score (nSPS) is 30.9. The van der Waals surface area contributed by atoms with Crippen LogP contribution in [-0.4, -0.2) is 74.0 Å². The highest BCUT2D eigenvalue weighted by atomic mass is 79.9. The molecular formula is C47H72Br2N2O10S2. The van der Waals surface area contributed by atoms with E-state index in [9.17, 15) is 13.2 Å². The number of hydrogen-bond donors (Lipinski definition) is 4. The Bertz CT molecular complexity index is 1840. The van der Waals surface area contributed by atoms with Crippen molar-refractivity contribution >= 4 is 59.8 Å². The minimum atomic E-state index is -1.45. The Labute approximate surface area is 398 Å². The number of benzene rings is 2. The lowest BCUT2D eigenvalue weighted by Gasteiger charge is -2.52. The van der Waals surface area contributed by atoms with Gasteiger partial charge in [-0.1, -0.05) is 69.5 Å². The van der Waals surface area contributed by atoms with Crippen molar-refractivity contribution in [2.24, 2.45) is 22.7 Å². The van der Waals surface area contributed by atoms with Crippen molar-refractivity contribution in [3.63, 3.8) is 0 Å². The molecule has 0 aliphatic heterocycles. The molecule has 4 N–H and O–H groups in total. The molecule has 356 valence electrons.